The van der Waals surface area contributed by atoms with Gasteiger partial charge in [-0.25, -0.2) is 9.52 Å². The van der Waals surface area contributed by atoms with Gasteiger partial charge in [-0.1, -0.05) is 53.1 Å². The van der Waals surface area contributed by atoms with Crippen LogP contribution in [0, 0.1) is 5.92 Å². The van der Waals surface area contributed by atoms with Crippen LogP contribution in [-0.4, -0.2) is 107 Å². The summed E-state index contributed by atoms with van der Waals surface area (Å²) in [6.07, 6.45) is 6.31. The summed E-state index contributed by atoms with van der Waals surface area (Å²) >= 11 is 3.56. The number of nitrogens with zero attached hydrogens (tertiary/aromatic N) is 5. The molecule has 0 bridgehead atoms. The van der Waals surface area contributed by atoms with Crippen LogP contribution in [-0.2, 0) is 29.3 Å². The van der Waals surface area contributed by atoms with E-state index in [0.717, 1.165) is 32.7 Å². The number of fused-ring (bicyclic) bond motifs is 2. The molecule has 3 aliphatic rings. The third-order valence-electron chi connectivity index (χ3n) is 10.5. The Morgan fingerprint density at radius 1 is 1.02 bits per heavy atom. The standard InChI is InChI=1S/C40H51BrN8O8S/c1-39(2,3)57-38(53)42-31-16-11-9-7-8-10-14-27-23-40(27,37(52)46-58(54,55)47(4)5)43-35(50)32-22-29(24-48(32)36(31)51)49-44-33(25-17-19-30(56-6)20-18-25)34(45-49)26-13-12-15-28(41)21-26/h10,12-15,17-21,27,29,31-32H,7-9,11,16,22-24H2,1-6H3,(H,42,53)(H,43,50)(H,46,52)/b14-10+/t27-,29-,31-,32+,40-/m1/s1. The SMILES string of the molecule is COc1ccc(-c2nn([C@@H]3C[C@H]4C(=O)N[C@]5(C(=O)NS(=O)(=O)N(C)C)C[C@H]5/C=C/CCCCC[C@@H](NC(=O)OC(C)(C)C)C(=O)N4C3)nc2-c2cccc(Br)c2)cc1. The number of carbonyl (C=O) groups excluding carboxylic acids is 4. The minimum Gasteiger partial charge on any atom is -0.497 e. The van der Waals surface area contributed by atoms with E-state index in [2.05, 4.69) is 31.3 Å². The number of ether oxygens (including phenoxy) is 2. The largest absolute Gasteiger partial charge is 0.497 e. The first-order valence-electron chi connectivity index (χ1n) is 19.3. The molecule has 2 aromatic carbocycles. The number of carbonyl (C=O) groups is 4. The van der Waals surface area contributed by atoms with Gasteiger partial charge in [-0.05, 0) is 82.9 Å². The quantitative estimate of drug-likeness (QED) is 0.266. The van der Waals surface area contributed by atoms with Gasteiger partial charge >= 0.3 is 16.3 Å². The Bertz CT molecular complexity index is 2170. The van der Waals surface area contributed by atoms with Crippen molar-refractivity contribution in [2.24, 2.45) is 5.92 Å². The fourth-order valence-electron chi connectivity index (χ4n) is 7.27. The Kier molecular flexibility index (Phi) is 12.7. The number of hydrogen-bond donors (Lipinski definition) is 3. The number of allylic oxidation sites excluding steroid dienone is 1. The number of nitrogens with one attached hydrogen (secondary N) is 3. The molecule has 1 aliphatic carbocycles. The molecule has 3 aromatic rings. The molecule has 18 heteroatoms. The number of amides is 4. The molecular formula is C40H51BrN8O8S. The second-order valence-electron chi connectivity index (χ2n) is 16.1. The Balaban J connectivity index is 1.40. The highest BCUT2D eigenvalue weighted by molar-refractivity contribution is 9.10. The van der Waals surface area contributed by atoms with Crippen LogP contribution in [0.2, 0.25) is 0 Å². The molecule has 0 unspecified atom stereocenters. The van der Waals surface area contributed by atoms with Crippen molar-refractivity contribution in [3.8, 4) is 28.3 Å². The summed E-state index contributed by atoms with van der Waals surface area (Å²) in [6.45, 7) is 5.18. The molecule has 2 aliphatic heterocycles. The van der Waals surface area contributed by atoms with Crippen LogP contribution in [0.25, 0.3) is 22.5 Å². The van der Waals surface area contributed by atoms with Gasteiger partial charge in [0.15, 0.2) is 0 Å². The average Bonchev–Trinajstić information content (AvgIpc) is 3.45. The van der Waals surface area contributed by atoms with Gasteiger partial charge in [0.05, 0.1) is 13.2 Å². The molecule has 6 rings (SSSR count). The number of benzene rings is 2. The maximum atomic E-state index is 14.7. The van der Waals surface area contributed by atoms with E-state index in [0.29, 0.717) is 36.4 Å². The van der Waals surface area contributed by atoms with Crippen LogP contribution in [0.15, 0.2) is 65.2 Å². The fraction of sp³-hybridized carbons (Fsp3) is 0.500. The van der Waals surface area contributed by atoms with Gasteiger partial charge in [0, 0.05) is 48.6 Å². The van der Waals surface area contributed by atoms with Crippen molar-refractivity contribution in [2.45, 2.75) is 95.0 Å². The van der Waals surface area contributed by atoms with Crippen LogP contribution >= 0.6 is 15.9 Å². The van der Waals surface area contributed by atoms with Crippen molar-refractivity contribution in [3.05, 3.63) is 65.2 Å². The van der Waals surface area contributed by atoms with Crippen molar-refractivity contribution < 1.29 is 37.1 Å². The minimum absolute atomic E-state index is 0.00435. The number of hydrogen-bond acceptors (Lipinski definition) is 10. The van der Waals surface area contributed by atoms with Crippen LogP contribution < -0.4 is 20.1 Å². The molecular weight excluding hydrogens is 832 g/mol. The lowest BCUT2D eigenvalue weighted by Crippen LogP contribution is -2.58. The van der Waals surface area contributed by atoms with E-state index in [1.165, 1.54) is 23.8 Å². The second-order valence-corrected chi connectivity index (χ2v) is 18.9. The molecule has 5 atom stereocenters. The number of halogens is 1. The number of methoxy groups -OCH3 is 1. The molecule has 16 nitrogen and oxygen atoms in total. The highest BCUT2D eigenvalue weighted by Crippen LogP contribution is 2.46. The first-order chi connectivity index (χ1) is 27.4. The molecule has 1 aromatic heterocycles. The normalized spacial score (nSPS) is 24.7. The van der Waals surface area contributed by atoms with E-state index >= 15 is 0 Å². The van der Waals surface area contributed by atoms with Gasteiger partial charge in [-0.15, -0.1) is 0 Å². The smallest absolute Gasteiger partial charge is 0.408 e. The molecule has 1 saturated heterocycles. The van der Waals surface area contributed by atoms with Crippen LogP contribution in [0.3, 0.4) is 0 Å². The number of rotatable bonds is 8. The third kappa shape index (κ3) is 9.72. The van der Waals surface area contributed by atoms with Crippen molar-refractivity contribution in [3.63, 3.8) is 0 Å². The lowest BCUT2D eigenvalue weighted by atomic mass is 10.0. The Labute approximate surface area is 347 Å². The maximum Gasteiger partial charge on any atom is 0.408 e. The summed E-state index contributed by atoms with van der Waals surface area (Å²) < 4.78 is 40.3. The molecule has 3 heterocycles. The molecule has 0 spiro atoms. The van der Waals surface area contributed by atoms with E-state index in [9.17, 15) is 27.6 Å². The number of aromatic nitrogens is 3. The van der Waals surface area contributed by atoms with Crippen molar-refractivity contribution in [1.82, 2.24) is 39.6 Å². The van der Waals surface area contributed by atoms with Crippen LogP contribution in [0.1, 0.15) is 71.8 Å². The second kappa shape index (κ2) is 17.2. The zero-order valence-corrected chi connectivity index (χ0v) is 35.9. The zero-order valence-electron chi connectivity index (χ0n) is 33.5. The van der Waals surface area contributed by atoms with E-state index in [4.69, 9.17) is 19.7 Å². The summed E-state index contributed by atoms with van der Waals surface area (Å²) in [6, 6.07) is 12.2. The fourth-order valence-corrected chi connectivity index (χ4v) is 8.27. The van der Waals surface area contributed by atoms with Gasteiger partial charge in [0.25, 0.3) is 5.91 Å². The summed E-state index contributed by atoms with van der Waals surface area (Å²) in [5, 5.41) is 15.6. The highest BCUT2D eigenvalue weighted by atomic mass is 79.9. The lowest BCUT2D eigenvalue weighted by Gasteiger charge is -2.30. The first-order valence-corrected chi connectivity index (χ1v) is 21.5. The molecule has 1 saturated carbocycles. The van der Waals surface area contributed by atoms with Gasteiger partial charge in [-0.3, -0.25) is 14.4 Å². The van der Waals surface area contributed by atoms with E-state index in [1.807, 2.05) is 60.7 Å². The maximum absolute atomic E-state index is 14.7. The Morgan fingerprint density at radius 3 is 2.38 bits per heavy atom. The molecule has 2 fully saturated rings. The number of alkyl carbamates (subject to hydrolysis) is 1. The predicted octanol–water partition coefficient (Wildman–Crippen LogP) is 4.74. The summed E-state index contributed by atoms with van der Waals surface area (Å²) in [7, 11) is -0.0160. The summed E-state index contributed by atoms with van der Waals surface area (Å²) in [5.41, 5.74) is 0.284. The van der Waals surface area contributed by atoms with Gasteiger partial charge in [0.2, 0.25) is 11.8 Å². The molecule has 312 valence electrons. The van der Waals surface area contributed by atoms with Gasteiger partial charge in [-0.2, -0.15) is 27.7 Å². The first kappa shape index (κ1) is 42.8. The summed E-state index contributed by atoms with van der Waals surface area (Å²) in [4.78, 5) is 59.1. The molecule has 0 radical (unpaired) electrons. The Morgan fingerprint density at radius 2 is 1.72 bits per heavy atom. The minimum atomic E-state index is -4.19. The average molecular weight is 884 g/mol. The van der Waals surface area contributed by atoms with Crippen LogP contribution in [0.4, 0.5) is 4.79 Å². The van der Waals surface area contributed by atoms with E-state index in [1.54, 1.807) is 27.9 Å². The lowest BCUT2D eigenvalue weighted by molar-refractivity contribution is -0.141. The van der Waals surface area contributed by atoms with E-state index in [-0.39, 0.29) is 19.4 Å². The molecule has 4 amide bonds. The summed E-state index contributed by atoms with van der Waals surface area (Å²) in [5.74, 6) is -1.84. The van der Waals surface area contributed by atoms with Crippen molar-refractivity contribution in [1.29, 1.82) is 0 Å². The highest BCUT2D eigenvalue weighted by Gasteiger charge is 2.62. The topological polar surface area (TPSA) is 194 Å². The monoisotopic (exact) mass is 882 g/mol. The van der Waals surface area contributed by atoms with Crippen molar-refractivity contribution >= 4 is 50.0 Å². The van der Waals surface area contributed by atoms with Crippen molar-refractivity contribution in [2.75, 3.05) is 27.7 Å². The Hall–Kier alpha value is -4.81. The third-order valence-corrected chi connectivity index (χ3v) is 12.4. The van der Waals surface area contributed by atoms with E-state index < -0.39 is 69.2 Å². The molecule has 58 heavy (non-hydrogen) atoms. The molecule has 3 N–H and O–H groups in total. The van der Waals surface area contributed by atoms with Gasteiger partial charge in [0.1, 0.15) is 40.4 Å². The predicted molar refractivity (Wildman–Crippen MR) is 219 cm³/mol. The zero-order chi connectivity index (χ0) is 42.0. The van der Waals surface area contributed by atoms with Crippen LogP contribution in [0.5, 0.6) is 5.75 Å². The van der Waals surface area contributed by atoms with Gasteiger partial charge < -0.3 is 25.0 Å².